The average molecular weight is 278 g/mol. The molecule has 0 spiro atoms. The van der Waals surface area contributed by atoms with Gasteiger partial charge in [-0.15, -0.1) is 0 Å². The molecule has 2 rings (SSSR count). The van der Waals surface area contributed by atoms with Crippen LogP contribution in [-0.4, -0.2) is 49.6 Å². The van der Waals surface area contributed by atoms with Crippen molar-refractivity contribution in [2.24, 2.45) is 10.7 Å². The fourth-order valence-electron chi connectivity index (χ4n) is 2.00. The Morgan fingerprint density at radius 3 is 2.79 bits per heavy atom. The normalized spacial score (nSPS) is 16.5. The van der Waals surface area contributed by atoms with E-state index in [0.29, 0.717) is 12.5 Å². The summed E-state index contributed by atoms with van der Waals surface area (Å²) in [7, 11) is 4.09. The van der Waals surface area contributed by atoms with Gasteiger partial charge in [0.2, 0.25) is 0 Å². The molecular formula is C14H22N4S. The molecule has 0 saturated carbocycles. The molecule has 1 fully saturated rings. The van der Waals surface area contributed by atoms with E-state index in [-0.39, 0.29) is 0 Å². The first-order valence-corrected chi connectivity index (χ1v) is 7.71. The van der Waals surface area contributed by atoms with Crippen molar-refractivity contribution in [3.05, 3.63) is 29.8 Å². The molecule has 1 heterocycles. The third kappa shape index (κ3) is 4.06. The molecule has 1 saturated heterocycles. The van der Waals surface area contributed by atoms with Gasteiger partial charge in [0.05, 0.1) is 6.54 Å². The lowest BCUT2D eigenvalue weighted by atomic mass is 10.2. The van der Waals surface area contributed by atoms with Crippen molar-refractivity contribution >= 4 is 23.4 Å². The Hall–Kier alpha value is -1.36. The lowest BCUT2D eigenvalue weighted by Gasteiger charge is -2.27. The SMILES string of the molecule is CN(C)c1cccc(CN=C(N)N2CCSCC2)c1. The van der Waals surface area contributed by atoms with Gasteiger partial charge in [-0.25, -0.2) is 4.99 Å². The Labute approximate surface area is 119 Å². The molecule has 1 aromatic rings. The third-order valence-electron chi connectivity index (χ3n) is 3.19. The summed E-state index contributed by atoms with van der Waals surface area (Å²) >= 11 is 1.98. The highest BCUT2D eigenvalue weighted by molar-refractivity contribution is 7.99. The van der Waals surface area contributed by atoms with Gasteiger partial charge in [-0.2, -0.15) is 11.8 Å². The Morgan fingerprint density at radius 2 is 2.11 bits per heavy atom. The molecule has 4 nitrogen and oxygen atoms in total. The van der Waals surface area contributed by atoms with Gasteiger partial charge in [0.1, 0.15) is 0 Å². The zero-order chi connectivity index (χ0) is 13.7. The molecule has 5 heteroatoms. The molecule has 1 aliphatic heterocycles. The molecule has 0 unspecified atom stereocenters. The van der Waals surface area contributed by atoms with E-state index < -0.39 is 0 Å². The van der Waals surface area contributed by atoms with Crippen LogP contribution < -0.4 is 10.6 Å². The van der Waals surface area contributed by atoms with Crippen LogP contribution in [0.2, 0.25) is 0 Å². The molecule has 0 atom stereocenters. The Morgan fingerprint density at radius 1 is 1.37 bits per heavy atom. The van der Waals surface area contributed by atoms with Gasteiger partial charge >= 0.3 is 0 Å². The number of hydrogen-bond acceptors (Lipinski definition) is 3. The van der Waals surface area contributed by atoms with E-state index >= 15 is 0 Å². The van der Waals surface area contributed by atoms with Crippen molar-refractivity contribution in [1.82, 2.24) is 4.90 Å². The number of hydrogen-bond donors (Lipinski definition) is 1. The van der Waals surface area contributed by atoms with Gasteiger partial charge < -0.3 is 15.5 Å². The first-order valence-electron chi connectivity index (χ1n) is 6.55. The third-order valence-corrected chi connectivity index (χ3v) is 4.13. The minimum Gasteiger partial charge on any atom is -0.378 e. The van der Waals surface area contributed by atoms with Crippen LogP contribution in [0, 0.1) is 0 Å². The number of anilines is 1. The second-order valence-corrected chi connectivity index (χ2v) is 6.06. The maximum atomic E-state index is 6.05. The van der Waals surface area contributed by atoms with Gasteiger partial charge in [0.25, 0.3) is 0 Å². The predicted molar refractivity (Wildman–Crippen MR) is 85.0 cm³/mol. The van der Waals surface area contributed by atoms with Crippen molar-refractivity contribution < 1.29 is 0 Å². The Bertz CT molecular complexity index is 439. The summed E-state index contributed by atoms with van der Waals surface area (Å²) in [6.45, 7) is 2.67. The molecule has 0 aliphatic carbocycles. The van der Waals surface area contributed by atoms with Crippen LogP contribution in [-0.2, 0) is 6.54 Å². The minimum atomic E-state index is 0.650. The molecule has 0 bridgehead atoms. The fraction of sp³-hybridized carbons (Fsp3) is 0.500. The Kier molecular flexibility index (Phi) is 4.96. The van der Waals surface area contributed by atoms with Crippen molar-refractivity contribution in [2.75, 3.05) is 43.6 Å². The summed E-state index contributed by atoms with van der Waals surface area (Å²) in [5, 5.41) is 0. The second kappa shape index (κ2) is 6.70. The summed E-state index contributed by atoms with van der Waals surface area (Å²) in [4.78, 5) is 8.78. The van der Waals surface area contributed by atoms with E-state index in [0.717, 1.165) is 24.6 Å². The standard InChI is InChI=1S/C14H22N4S/c1-17(2)13-5-3-4-12(10-13)11-16-14(15)18-6-8-19-9-7-18/h3-5,10H,6-9,11H2,1-2H3,(H2,15,16). The van der Waals surface area contributed by atoms with Gasteiger partial charge in [-0.1, -0.05) is 12.1 Å². The highest BCUT2D eigenvalue weighted by Gasteiger charge is 2.11. The molecule has 0 amide bonds. The van der Waals surface area contributed by atoms with Crippen molar-refractivity contribution in [3.8, 4) is 0 Å². The Balaban J connectivity index is 1.98. The number of rotatable bonds is 3. The maximum absolute atomic E-state index is 6.05. The molecule has 104 valence electrons. The predicted octanol–water partition coefficient (Wildman–Crippen LogP) is 1.62. The lowest BCUT2D eigenvalue weighted by Crippen LogP contribution is -2.42. The van der Waals surface area contributed by atoms with E-state index in [1.807, 2.05) is 25.9 Å². The molecule has 19 heavy (non-hydrogen) atoms. The summed E-state index contributed by atoms with van der Waals surface area (Å²) < 4.78 is 0. The highest BCUT2D eigenvalue weighted by atomic mass is 32.2. The van der Waals surface area contributed by atoms with E-state index in [1.165, 1.54) is 11.3 Å². The van der Waals surface area contributed by atoms with Crippen LogP contribution in [0.1, 0.15) is 5.56 Å². The molecule has 1 aliphatic rings. The summed E-state index contributed by atoms with van der Waals surface area (Å²) in [6.07, 6.45) is 0. The van der Waals surface area contributed by atoms with Crippen molar-refractivity contribution in [2.45, 2.75) is 6.54 Å². The van der Waals surface area contributed by atoms with E-state index in [4.69, 9.17) is 5.73 Å². The van der Waals surface area contributed by atoms with Crippen LogP contribution in [0.25, 0.3) is 0 Å². The van der Waals surface area contributed by atoms with Gasteiger partial charge in [0.15, 0.2) is 5.96 Å². The molecular weight excluding hydrogens is 256 g/mol. The van der Waals surface area contributed by atoms with Gasteiger partial charge in [0, 0.05) is 44.4 Å². The number of guanidine groups is 1. The summed E-state index contributed by atoms with van der Waals surface area (Å²) in [6, 6.07) is 8.41. The largest absolute Gasteiger partial charge is 0.378 e. The summed E-state index contributed by atoms with van der Waals surface area (Å²) in [5.41, 5.74) is 8.44. The van der Waals surface area contributed by atoms with Crippen LogP contribution in [0.5, 0.6) is 0 Å². The zero-order valence-electron chi connectivity index (χ0n) is 11.7. The zero-order valence-corrected chi connectivity index (χ0v) is 12.5. The number of aliphatic imine (C=N–C) groups is 1. The maximum Gasteiger partial charge on any atom is 0.191 e. The monoisotopic (exact) mass is 278 g/mol. The quantitative estimate of drug-likeness (QED) is 0.674. The van der Waals surface area contributed by atoms with E-state index in [1.54, 1.807) is 0 Å². The number of nitrogens with two attached hydrogens (primary N) is 1. The topological polar surface area (TPSA) is 44.9 Å². The smallest absolute Gasteiger partial charge is 0.191 e. The highest BCUT2D eigenvalue weighted by Crippen LogP contribution is 2.14. The van der Waals surface area contributed by atoms with E-state index in [2.05, 4.69) is 39.1 Å². The first-order chi connectivity index (χ1) is 9.16. The van der Waals surface area contributed by atoms with Crippen molar-refractivity contribution in [3.63, 3.8) is 0 Å². The number of benzene rings is 1. The van der Waals surface area contributed by atoms with Gasteiger partial charge in [-0.3, -0.25) is 0 Å². The van der Waals surface area contributed by atoms with Crippen LogP contribution >= 0.6 is 11.8 Å². The molecule has 2 N–H and O–H groups in total. The number of nitrogens with zero attached hydrogens (tertiary/aromatic N) is 3. The lowest BCUT2D eigenvalue weighted by molar-refractivity contribution is 0.455. The molecule has 0 radical (unpaired) electrons. The van der Waals surface area contributed by atoms with E-state index in [9.17, 15) is 0 Å². The van der Waals surface area contributed by atoms with Crippen LogP contribution in [0.3, 0.4) is 0 Å². The minimum absolute atomic E-state index is 0.650. The average Bonchev–Trinajstić information content (AvgIpc) is 2.46. The second-order valence-electron chi connectivity index (χ2n) is 4.84. The first kappa shape index (κ1) is 14.1. The van der Waals surface area contributed by atoms with Crippen LogP contribution in [0.4, 0.5) is 5.69 Å². The van der Waals surface area contributed by atoms with Crippen molar-refractivity contribution in [1.29, 1.82) is 0 Å². The molecule has 1 aromatic carbocycles. The van der Waals surface area contributed by atoms with Crippen LogP contribution in [0.15, 0.2) is 29.3 Å². The van der Waals surface area contributed by atoms with Gasteiger partial charge in [-0.05, 0) is 17.7 Å². The summed E-state index contributed by atoms with van der Waals surface area (Å²) in [5.74, 6) is 2.97. The number of thioether (sulfide) groups is 1. The molecule has 0 aromatic heterocycles. The fourth-order valence-corrected chi connectivity index (χ4v) is 2.90.